The predicted octanol–water partition coefficient (Wildman–Crippen LogP) is 2.95. The number of carbonyl (C=O) groups excluding carboxylic acids is 1. The highest BCUT2D eigenvalue weighted by Crippen LogP contribution is 2.18. The lowest BCUT2D eigenvalue weighted by Crippen LogP contribution is -2.30. The highest BCUT2D eigenvalue weighted by atomic mass is 16.6. The van der Waals surface area contributed by atoms with Crippen LogP contribution in [-0.2, 0) is 4.74 Å². The van der Waals surface area contributed by atoms with Crippen LogP contribution in [0.15, 0.2) is 23.3 Å². The largest absolute Gasteiger partial charge is 0.507 e. The Morgan fingerprint density at radius 1 is 1.37 bits per heavy atom. The highest BCUT2D eigenvalue weighted by Gasteiger charge is 2.15. The maximum atomic E-state index is 11.4. The van der Waals surface area contributed by atoms with Crippen LogP contribution >= 0.6 is 0 Å². The number of aromatic hydroxyl groups is 1. The Morgan fingerprint density at radius 2 is 2.00 bits per heavy atom. The van der Waals surface area contributed by atoms with E-state index in [2.05, 4.69) is 10.5 Å². The fourth-order valence-corrected chi connectivity index (χ4v) is 1.43. The van der Waals surface area contributed by atoms with Crippen LogP contribution in [0.2, 0.25) is 0 Å². The van der Waals surface area contributed by atoms with Gasteiger partial charge in [-0.3, -0.25) is 0 Å². The fraction of sp³-hybridized carbons (Fsp3) is 0.429. The van der Waals surface area contributed by atoms with Gasteiger partial charge < -0.3 is 9.84 Å². The molecule has 0 aliphatic rings. The first-order valence-corrected chi connectivity index (χ1v) is 6.02. The zero-order valence-electron chi connectivity index (χ0n) is 11.9. The number of ether oxygens (including phenoxy) is 1. The summed E-state index contributed by atoms with van der Waals surface area (Å²) in [5, 5.41) is 13.6. The predicted molar refractivity (Wildman–Crippen MR) is 74.4 cm³/mol. The number of hydrogen-bond acceptors (Lipinski definition) is 4. The molecule has 0 radical (unpaired) electrons. The number of aryl methyl sites for hydroxylation is 1. The van der Waals surface area contributed by atoms with Crippen molar-refractivity contribution >= 4 is 11.8 Å². The van der Waals surface area contributed by atoms with Crippen LogP contribution in [-0.4, -0.2) is 22.5 Å². The summed E-state index contributed by atoms with van der Waals surface area (Å²) < 4.78 is 5.06. The number of nitrogens with one attached hydrogen (secondary N) is 1. The van der Waals surface area contributed by atoms with Crippen molar-refractivity contribution < 1.29 is 14.6 Å². The van der Waals surface area contributed by atoms with Crippen LogP contribution in [0.3, 0.4) is 0 Å². The van der Waals surface area contributed by atoms with Crippen molar-refractivity contribution in [3.05, 3.63) is 29.3 Å². The van der Waals surface area contributed by atoms with Gasteiger partial charge in [-0.05, 0) is 46.8 Å². The Labute approximate surface area is 113 Å². The molecule has 0 heterocycles. The highest BCUT2D eigenvalue weighted by molar-refractivity contribution is 6.01. The molecule has 0 aromatic heterocycles. The number of phenols is 1. The smallest absolute Gasteiger partial charge is 0.428 e. The van der Waals surface area contributed by atoms with Crippen molar-refractivity contribution in [2.75, 3.05) is 0 Å². The molecular weight excluding hydrogens is 244 g/mol. The lowest BCUT2D eigenvalue weighted by molar-refractivity contribution is 0.0529. The number of rotatable bonds is 2. The van der Waals surface area contributed by atoms with E-state index in [0.717, 1.165) is 5.56 Å². The van der Waals surface area contributed by atoms with Gasteiger partial charge in [0.1, 0.15) is 11.4 Å². The zero-order valence-corrected chi connectivity index (χ0v) is 11.9. The minimum absolute atomic E-state index is 0.123. The van der Waals surface area contributed by atoms with Crippen molar-refractivity contribution in [3.8, 4) is 5.75 Å². The molecule has 0 atom stereocenters. The second kappa shape index (κ2) is 5.73. The molecule has 5 nitrogen and oxygen atoms in total. The van der Waals surface area contributed by atoms with E-state index in [1.807, 2.05) is 6.92 Å². The van der Waals surface area contributed by atoms with Crippen LogP contribution < -0.4 is 5.43 Å². The molecule has 1 aromatic carbocycles. The van der Waals surface area contributed by atoms with E-state index < -0.39 is 11.7 Å². The van der Waals surface area contributed by atoms with Crippen LogP contribution in [0.1, 0.15) is 38.8 Å². The first-order valence-electron chi connectivity index (χ1n) is 6.02. The van der Waals surface area contributed by atoms with Gasteiger partial charge in [-0.2, -0.15) is 5.10 Å². The second-order valence-electron chi connectivity index (χ2n) is 5.33. The second-order valence-corrected chi connectivity index (χ2v) is 5.33. The zero-order chi connectivity index (χ0) is 14.6. The van der Waals surface area contributed by atoms with Crippen LogP contribution in [0.4, 0.5) is 4.79 Å². The molecule has 0 aliphatic carbocycles. The van der Waals surface area contributed by atoms with E-state index in [0.29, 0.717) is 11.3 Å². The third-order valence-corrected chi connectivity index (χ3v) is 2.26. The van der Waals surface area contributed by atoms with Gasteiger partial charge in [-0.15, -0.1) is 0 Å². The molecule has 0 aliphatic heterocycles. The summed E-state index contributed by atoms with van der Waals surface area (Å²) in [6.07, 6.45) is -0.626. The number of hydrazone groups is 1. The third kappa shape index (κ3) is 4.99. The van der Waals surface area contributed by atoms with E-state index in [1.165, 1.54) is 0 Å². The van der Waals surface area contributed by atoms with Gasteiger partial charge in [-0.1, -0.05) is 11.6 Å². The Kier molecular flexibility index (Phi) is 4.53. The van der Waals surface area contributed by atoms with Gasteiger partial charge in [0.2, 0.25) is 0 Å². The van der Waals surface area contributed by atoms with Crippen molar-refractivity contribution in [2.24, 2.45) is 5.10 Å². The summed E-state index contributed by atoms with van der Waals surface area (Å²) in [6, 6.07) is 5.19. The summed E-state index contributed by atoms with van der Waals surface area (Å²) in [7, 11) is 0. The minimum atomic E-state index is -0.626. The standard InChI is InChI=1S/C14H20N2O3/c1-9-6-7-12(17)11(8-9)10(2)15-16-13(18)19-14(3,4)5/h6-8,17H,1-5H3,(H,16,18)/b15-10+. The normalized spacial score (nSPS) is 12.2. The van der Waals surface area contributed by atoms with E-state index in [9.17, 15) is 9.90 Å². The molecule has 1 rings (SSSR count). The van der Waals surface area contributed by atoms with Crippen LogP contribution in [0, 0.1) is 6.92 Å². The molecule has 19 heavy (non-hydrogen) atoms. The molecule has 0 fully saturated rings. The van der Waals surface area contributed by atoms with E-state index in [4.69, 9.17) is 4.74 Å². The van der Waals surface area contributed by atoms with Gasteiger partial charge >= 0.3 is 6.09 Å². The molecule has 0 saturated heterocycles. The quantitative estimate of drug-likeness (QED) is 0.637. The van der Waals surface area contributed by atoms with Gasteiger partial charge in [0.15, 0.2) is 0 Å². The third-order valence-electron chi connectivity index (χ3n) is 2.26. The van der Waals surface area contributed by atoms with Gasteiger partial charge in [0.25, 0.3) is 0 Å². The number of carbonyl (C=O) groups is 1. The van der Waals surface area contributed by atoms with E-state index in [-0.39, 0.29) is 5.75 Å². The fourth-order valence-electron chi connectivity index (χ4n) is 1.43. The summed E-state index contributed by atoms with van der Waals surface area (Å²) in [4.78, 5) is 11.4. The van der Waals surface area contributed by atoms with Gasteiger partial charge in [-0.25, -0.2) is 10.2 Å². The first kappa shape index (κ1) is 15.0. The molecule has 1 amide bonds. The van der Waals surface area contributed by atoms with Crippen molar-refractivity contribution in [1.82, 2.24) is 5.43 Å². The molecule has 5 heteroatoms. The van der Waals surface area contributed by atoms with Crippen molar-refractivity contribution in [1.29, 1.82) is 0 Å². The summed E-state index contributed by atoms with van der Waals surface area (Å²) in [5.74, 6) is 0.123. The molecule has 0 spiro atoms. The SMILES string of the molecule is C/C(=N\NC(=O)OC(C)(C)C)c1cc(C)ccc1O. The van der Waals surface area contributed by atoms with Crippen molar-refractivity contribution in [2.45, 2.75) is 40.2 Å². The Bertz CT molecular complexity index is 502. The number of hydrogen-bond donors (Lipinski definition) is 2. The number of amides is 1. The minimum Gasteiger partial charge on any atom is -0.507 e. The summed E-state index contributed by atoms with van der Waals surface area (Å²) in [6.45, 7) is 8.93. The maximum absolute atomic E-state index is 11.4. The van der Waals surface area contributed by atoms with Gasteiger partial charge in [0, 0.05) is 5.56 Å². The summed E-state index contributed by atoms with van der Waals surface area (Å²) >= 11 is 0. The molecule has 0 bridgehead atoms. The summed E-state index contributed by atoms with van der Waals surface area (Å²) in [5.41, 5.74) is 3.82. The Morgan fingerprint density at radius 3 is 2.58 bits per heavy atom. The molecule has 2 N–H and O–H groups in total. The van der Waals surface area contributed by atoms with E-state index >= 15 is 0 Å². The number of benzene rings is 1. The molecule has 0 saturated carbocycles. The van der Waals surface area contributed by atoms with Crippen molar-refractivity contribution in [3.63, 3.8) is 0 Å². The molecule has 0 unspecified atom stereocenters. The first-order chi connectivity index (χ1) is 8.69. The van der Waals surface area contributed by atoms with E-state index in [1.54, 1.807) is 45.9 Å². The lowest BCUT2D eigenvalue weighted by atomic mass is 10.1. The average molecular weight is 264 g/mol. The van der Waals surface area contributed by atoms with Crippen LogP contribution in [0.25, 0.3) is 0 Å². The Balaban J connectivity index is 2.77. The average Bonchev–Trinajstić information content (AvgIpc) is 2.27. The number of nitrogens with zero attached hydrogens (tertiary/aromatic N) is 1. The lowest BCUT2D eigenvalue weighted by Gasteiger charge is -2.18. The molecule has 1 aromatic rings. The molecule has 104 valence electrons. The number of phenolic OH excluding ortho intramolecular Hbond substituents is 1. The monoisotopic (exact) mass is 264 g/mol. The topological polar surface area (TPSA) is 70.9 Å². The maximum Gasteiger partial charge on any atom is 0.428 e. The Hall–Kier alpha value is -2.04. The van der Waals surface area contributed by atoms with Gasteiger partial charge in [0.05, 0.1) is 5.71 Å². The molecular formula is C14H20N2O3. The van der Waals surface area contributed by atoms with Crippen LogP contribution in [0.5, 0.6) is 5.75 Å².